The van der Waals surface area contributed by atoms with Crippen LogP contribution in [0.4, 0.5) is 22.7 Å². The van der Waals surface area contributed by atoms with E-state index in [0.29, 0.717) is 29.7 Å². The minimum atomic E-state index is -0.474. The van der Waals surface area contributed by atoms with Crippen LogP contribution in [0, 0.1) is 20.2 Å². The van der Waals surface area contributed by atoms with Crippen molar-refractivity contribution in [1.29, 1.82) is 0 Å². The average molecular weight is 544 g/mol. The average Bonchev–Trinajstić information content (AvgIpc) is 2.98. The highest BCUT2D eigenvalue weighted by Gasteiger charge is 2.42. The monoisotopic (exact) mass is 543 g/mol. The predicted molar refractivity (Wildman–Crippen MR) is 163 cm³/mol. The van der Waals surface area contributed by atoms with E-state index >= 15 is 0 Å². The van der Waals surface area contributed by atoms with Gasteiger partial charge in [0.15, 0.2) is 0 Å². The second-order valence-electron chi connectivity index (χ2n) is 10.5. The van der Waals surface area contributed by atoms with Crippen molar-refractivity contribution in [3.05, 3.63) is 99.1 Å². The zero-order valence-corrected chi connectivity index (χ0v) is 22.8. The van der Waals surface area contributed by atoms with Gasteiger partial charge in [-0.3, -0.25) is 20.2 Å². The van der Waals surface area contributed by atoms with E-state index in [1.165, 1.54) is 0 Å². The van der Waals surface area contributed by atoms with Crippen LogP contribution in [0.2, 0.25) is 0 Å². The van der Waals surface area contributed by atoms with Gasteiger partial charge in [0, 0.05) is 35.8 Å². The Kier molecular flexibility index (Phi) is 5.61. The molecule has 202 valence electrons. The Balaban J connectivity index is 1.90. The molecule has 1 aliphatic rings. The van der Waals surface area contributed by atoms with Gasteiger partial charge < -0.3 is 4.90 Å². The maximum atomic E-state index is 12.6. The van der Waals surface area contributed by atoms with Crippen LogP contribution in [0.5, 0.6) is 0 Å². The molecule has 0 aliphatic carbocycles. The Morgan fingerprint density at radius 1 is 0.732 bits per heavy atom. The van der Waals surface area contributed by atoms with Crippen LogP contribution in [0.25, 0.3) is 54.5 Å². The molecule has 41 heavy (non-hydrogen) atoms. The van der Waals surface area contributed by atoms with Crippen LogP contribution >= 0.6 is 0 Å². The third-order valence-electron chi connectivity index (χ3n) is 8.21. The third-order valence-corrected chi connectivity index (χ3v) is 8.21. The topological polar surface area (TPSA) is 93.4 Å². The summed E-state index contributed by atoms with van der Waals surface area (Å²) in [5.41, 5.74) is 3.87. The van der Waals surface area contributed by atoms with Gasteiger partial charge in [0.25, 0.3) is 5.52 Å². The van der Waals surface area contributed by atoms with Gasteiger partial charge in [-0.1, -0.05) is 68.4 Å². The lowest BCUT2D eigenvalue weighted by Gasteiger charge is -2.33. The van der Waals surface area contributed by atoms with Gasteiger partial charge in [-0.25, -0.2) is 0 Å². The Morgan fingerprint density at radius 2 is 1.39 bits per heavy atom. The van der Waals surface area contributed by atoms with Crippen LogP contribution in [-0.4, -0.2) is 16.4 Å². The fourth-order valence-corrected chi connectivity index (χ4v) is 6.72. The summed E-state index contributed by atoms with van der Waals surface area (Å²) in [6.07, 6.45) is 1.48. The van der Waals surface area contributed by atoms with E-state index in [9.17, 15) is 20.2 Å². The van der Waals surface area contributed by atoms with E-state index < -0.39 is 9.85 Å². The van der Waals surface area contributed by atoms with E-state index in [-0.39, 0.29) is 11.4 Å². The second-order valence-corrected chi connectivity index (χ2v) is 10.5. The summed E-state index contributed by atoms with van der Waals surface area (Å²) in [4.78, 5) is 26.3. The molecule has 0 radical (unpaired) electrons. The molecule has 8 heteroatoms. The first-order chi connectivity index (χ1) is 20.0. The van der Waals surface area contributed by atoms with Crippen LogP contribution in [0.3, 0.4) is 0 Å². The van der Waals surface area contributed by atoms with Crippen molar-refractivity contribution >= 4 is 66.1 Å². The molecule has 7 rings (SSSR count). The number of benzene rings is 5. The van der Waals surface area contributed by atoms with E-state index in [0.717, 1.165) is 68.2 Å². The highest BCUT2D eigenvalue weighted by Crippen LogP contribution is 2.56. The number of hydrogen-bond acceptors (Lipinski definition) is 5. The maximum Gasteiger partial charge on any atom is 0.347 e. The van der Waals surface area contributed by atoms with Gasteiger partial charge in [-0.15, -0.1) is 0 Å². The molecular weight excluding hydrogens is 516 g/mol. The SMILES string of the molecule is CCCN1c2ccc3ccccc3c2-c2c3c1c([N+](=O)[O-])cc([N+](=O)[O-])c3[n+](CCC)c1ccc3ccccc3c21. The van der Waals surface area contributed by atoms with Crippen molar-refractivity contribution in [2.75, 3.05) is 11.4 Å². The molecule has 5 aromatic carbocycles. The molecule has 0 atom stereocenters. The number of nitro benzene ring substituents is 2. The number of aromatic nitrogens is 1. The van der Waals surface area contributed by atoms with Gasteiger partial charge in [0.1, 0.15) is 18.3 Å². The summed E-state index contributed by atoms with van der Waals surface area (Å²) >= 11 is 0. The van der Waals surface area contributed by atoms with Crippen molar-refractivity contribution in [3.8, 4) is 11.1 Å². The van der Waals surface area contributed by atoms with Gasteiger partial charge in [0.2, 0.25) is 5.52 Å². The number of fused-ring (bicyclic) bond motifs is 8. The number of pyridine rings is 1. The first kappa shape index (κ1) is 24.9. The number of nitro groups is 2. The first-order valence-corrected chi connectivity index (χ1v) is 13.9. The fourth-order valence-electron chi connectivity index (χ4n) is 6.72. The molecule has 8 nitrogen and oxygen atoms in total. The number of aryl methyl sites for hydroxylation is 1. The largest absolute Gasteiger partial charge is 0.347 e. The smallest absolute Gasteiger partial charge is 0.335 e. The summed E-state index contributed by atoms with van der Waals surface area (Å²) in [5, 5.41) is 30.9. The van der Waals surface area contributed by atoms with Crippen molar-refractivity contribution in [2.45, 2.75) is 33.2 Å². The summed E-state index contributed by atoms with van der Waals surface area (Å²) in [6.45, 7) is 5.13. The molecule has 1 aromatic heterocycles. The van der Waals surface area contributed by atoms with Gasteiger partial charge in [0.05, 0.1) is 20.6 Å². The molecule has 6 aromatic rings. The number of non-ortho nitro benzene ring substituents is 1. The van der Waals surface area contributed by atoms with Crippen molar-refractivity contribution in [1.82, 2.24) is 0 Å². The van der Waals surface area contributed by atoms with Gasteiger partial charge in [-0.05, 0) is 40.1 Å². The van der Waals surface area contributed by atoms with Crippen LogP contribution in [0.1, 0.15) is 26.7 Å². The lowest BCUT2D eigenvalue weighted by Crippen LogP contribution is -2.37. The van der Waals surface area contributed by atoms with Crippen LogP contribution < -0.4 is 9.47 Å². The molecule has 0 unspecified atom stereocenters. The number of rotatable bonds is 6. The molecule has 0 saturated carbocycles. The summed E-state index contributed by atoms with van der Waals surface area (Å²) < 4.78 is 2.01. The van der Waals surface area contributed by atoms with Crippen molar-refractivity contribution < 1.29 is 14.4 Å². The molecule has 0 saturated heterocycles. The summed E-state index contributed by atoms with van der Waals surface area (Å²) in [6, 6.07) is 25.6. The Labute approximate surface area is 235 Å². The molecular formula is C33H27N4O4+. The Bertz CT molecular complexity index is 2100. The maximum absolute atomic E-state index is 12.6. The zero-order valence-electron chi connectivity index (χ0n) is 22.8. The number of hydrogen-bond donors (Lipinski definition) is 0. The second kappa shape index (κ2) is 9.23. The van der Waals surface area contributed by atoms with Crippen LogP contribution in [-0.2, 0) is 6.54 Å². The minimum Gasteiger partial charge on any atom is -0.335 e. The lowest BCUT2D eigenvalue weighted by molar-refractivity contribution is -0.647. The first-order valence-electron chi connectivity index (χ1n) is 13.9. The third kappa shape index (κ3) is 3.43. The zero-order chi connectivity index (χ0) is 28.4. The van der Waals surface area contributed by atoms with Gasteiger partial charge in [-0.2, -0.15) is 4.57 Å². The molecule has 0 bridgehead atoms. The summed E-state index contributed by atoms with van der Waals surface area (Å²) in [5.74, 6) is 0. The fraction of sp³-hybridized carbons (Fsp3) is 0.182. The van der Waals surface area contributed by atoms with E-state index in [1.807, 2.05) is 59.7 Å². The molecule has 0 spiro atoms. The molecule has 0 fully saturated rings. The highest BCUT2D eigenvalue weighted by molar-refractivity contribution is 6.29. The molecule has 2 heterocycles. The van der Waals surface area contributed by atoms with Crippen molar-refractivity contribution in [2.24, 2.45) is 0 Å². The van der Waals surface area contributed by atoms with E-state index in [4.69, 9.17) is 0 Å². The quantitative estimate of drug-likeness (QED) is 0.0692. The Morgan fingerprint density at radius 3 is 2.07 bits per heavy atom. The predicted octanol–water partition coefficient (Wildman–Crippen LogP) is 8.34. The Hall–Kier alpha value is -5.11. The van der Waals surface area contributed by atoms with E-state index in [1.54, 1.807) is 0 Å². The van der Waals surface area contributed by atoms with Crippen LogP contribution in [0.15, 0.2) is 78.9 Å². The summed E-state index contributed by atoms with van der Waals surface area (Å²) in [7, 11) is 0. The standard InChI is InChI=1S/C33H27N4O4/c1-3-17-34-24-15-13-20-9-5-7-11-22(20)28(24)30-29-23-12-8-6-10-21(23)14-16-25(29)35(18-4-2)33-27(37(40)41)19-26(36(38)39)32(34)31(30)33/h5-16,19H,3-4,17-18H2,1-2H3/q+1. The number of nitrogens with zero attached hydrogens (tertiary/aromatic N) is 4. The molecule has 0 N–H and O–H groups in total. The molecule has 0 amide bonds. The minimum absolute atomic E-state index is 0.250. The highest BCUT2D eigenvalue weighted by atomic mass is 16.6. The van der Waals surface area contributed by atoms with Crippen molar-refractivity contribution in [3.63, 3.8) is 0 Å². The normalized spacial score (nSPS) is 12.4. The lowest BCUT2D eigenvalue weighted by atomic mass is 9.84. The van der Waals surface area contributed by atoms with Gasteiger partial charge >= 0.3 is 11.4 Å². The van der Waals surface area contributed by atoms with E-state index in [2.05, 4.69) is 36.4 Å². The number of anilines is 2. The molecule has 1 aliphatic heterocycles.